The average molecular weight is 639 g/mol. The molecule has 0 saturated heterocycles. The Kier molecular flexibility index (Phi) is 10.5. The van der Waals surface area contributed by atoms with Gasteiger partial charge in [0.05, 0.1) is 15.6 Å². The summed E-state index contributed by atoms with van der Waals surface area (Å²) in [5.74, 6) is -0.963. The van der Waals surface area contributed by atoms with Crippen LogP contribution < -0.4 is 9.62 Å². The lowest BCUT2D eigenvalue weighted by atomic mass is 10.0. The van der Waals surface area contributed by atoms with Crippen LogP contribution in [0, 0.1) is 13.8 Å². The Labute approximate surface area is 263 Å². The van der Waals surface area contributed by atoms with E-state index in [1.165, 1.54) is 42.3 Å². The Hall–Kier alpha value is -3.85. The van der Waals surface area contributed by atoms with E-state index in [4.69, 9.17) is 23.2 Å². The summed E-state index contributed by atoms with van der Waals surface area (Å²) in [5, 5.41) is 3.03. The van der Waals surface area contributed by atoms with Crippen LogP contribution in [-0.2, 0) is 32.6 Å². The van der Waals surface area contributed by atoms with Crippen LogP contribution in [0.3, 0.4) is 0 Å². The first-order valence-corrected chi connectivity index (χ1v) is 15.8. The van der Waals surface area contributed by atoms with Crippen molar-refractivity contribution in [3.63, 3.8) is 0 Å². The molecule has 0 aliphatic carbocycles. The predicted molar refractivity (Wildman–Crippen MR) is 172 cm³/mol. The normalized spacial score (nSPS) is 11.9. The summed E-state index contributed by atoms with van der Waals surface area (Å²) in [6.45, 7) is 3.26. The minimum absolute atomic E-state index is 0.0147. The standard InChI is InChI=1S/C33H33Cl2N3O4S/c1-23-9-13-26(14-10-23)21-37(31(33(40)36-3)19-25-7-5-4-6-8-25)32(39)22-38(30-20-27(34)15-18-29(30)35)43(41,42)28-16-11-24(2)12-17-28/h4-18,20,31H,19,21-22H2,1-3H3,(H,36,40). The van der Waals surface area contributed by atoms with Crippen LogP contribution in [0.4, 0.5) is 5.69 Å². The number of nitrogens with zero attached hydrogens (tertiary/aromatic N) is 2. The molecule has 4 aromatic carbocycles. The molecule has 224 valence electrons. The van der Waals surface area contributed by atoms with Crippen LogP contribution in [-0.4, -0.2) is 44.8 Å². The Morgan fingerprint density at radius 2 is 1.42 bits per heavy atom. The van der Waals surface area contributed by atoms with Gasteiger partial charge in [-0.3, -0.25) is 13.9 Å². The van der Waals surface area contributed by atoms with Crippen LogP contribution in [0.1, 0.15) is 22.3 Å². The van der Waals surface area contributed by atoms with Crippen molar-refractivity contribution in [3.8, 4) is 0 Å². The summed E-state index contributed by atoms with van der Waals surface area (Å²) in [6, 6.07) is 26.8. The van der Waals surface area contributed by atoms with Gasteiger partial charge in [-0.05, 0) is 55.3 Å². The smallest absolute Gasteiger partial charge is 0.264 e. The van der Waals surface area contributed by atoms with Gasteiger partial charge in [-0.25, -0.2) is 8.42 Å². The molecule has 0 radical (unpaired) electrons. The first-order chi connectivity index (χ1) is 20.5. The zero-order valence-electron chi connectivity index (χ0n) is 24.1. The van der Waals surface area contributed by atoms with Crippen molar-refractivity contribution in [2.45, 2.75) is 37.8 Å². The second-order valence-electron chi connectivity index (χ2n) is 10.2. The zero-order valence-corrected chi connectivity index (χ0v) is 26.5. The van der Waals surface area contributed by atoms with Gasteiger partial charge in [-0.15, -0.1) is 0 Å². The van der Waals surface area contributed by atoms with Gasteiger partial charge in [-0.1, -0.05) is 101 Å². The highest BCUT2D eigenvalue weighted by Gasteiger charge is 2.35. The summed E-state index contributed by atoms with van der Waals surface area (Å²) in [7, 11) is -2.78. The number of carbonyl (C=O) groups excluding carboxylic acids is 2. The average Bonchev–Trinajstić information content (AvgIpc) is 3.00. The molecular formula is C33H33Cl2N3O4S. The Bertz CT molecular complexity index is 1680. The number of aryl methyl sites for hydroxylation is 2. The van der Waals surface area contributed by atoms with E-state index in [1.807, 2.05) is 68.4 Å². The molecule has 0 aliphatic rings. The number of rotatable bonds is 11. The third-order valence-electron chi connectivity index (χ3n) is 7.06. The maximum Gasteiger partial charge on any atom is 0.264 e. The van der Waals surface area contributed by atoms with E-state index < -0.39 is 28.5 Å². The van der Waals surface area contributed by atoms with Gasteiger partial charge in [0, 0.05) is 25.0 Å². The highest BCUT2D eigenvalue weighted by Crippen LogP contribution is 2.33. The Morgan fingerprint density at radius 1 is 0.814 bits per heavy atom. The molecule has 0 fully saturated rings. The number of carbonyl (C=O) groups is 2. The lowest BCUT2D eigenvalue weighted by molar-refractivity contribution is -0.139. The van der Waals surface area contributed by atoms with Gasteiger partial charge in [0.15, 0.2) is 0 Å². The molecule has 43 heavy (non-hydrogen) atoms. The lowest BCUT2D eigenvalue weighted by Gasteiger charge is -2.34. The van der Waals surface area contributed by atoms with E-state index in [0.29, 0.717) is 0 Å². The molecule has 4 rings (SSSR count). The first-order valence-electron chi connectivity index (χ1n) is 13.6. The van der Waals surface area contributed by atoms with Crippen molar-refractivity contribution in [2.24, 2.45) is 0 Å². The molecule has 2 amide bonds. The van der Waals surface area contributed by atoms with Crippen molar-refractivity contribution in [1.82, 2.24) is 10.2 Å². The number of nitrogens with one attached hydrogen (secondary N) is 1. The zero-order chi connectivity index (χ0) is 31.1. The second-order valence-corrected chi connectivity index (χ2v) is 13.0. The summed E-state index contributed by atoms with van der Waals surface area (Å²) in [4.78, 5) is 29.1. The molecule has 10 heteroatoms. The molecule has 0 saturated carbocycles. The van der Waals surface area contributed by atoms with Crippen molar-refractivity contribution < 1.29 is 18.0 Å². The van der Waals surface area contributed by atoms with E-state index in [-0.39, 0.29) is 39.5 Å². The van der Waals surface area contributed by atoms with Gasteiger partial charge in [0.1, 0.15) is 12.6 Å². The summed E-state index contributed by atoms with van der Waals surface area (Å²) < 4.78 is 29.1. The van der Waals surface area contributed by atoms with Crippen LogP contribution in [0.15, 0.2) is 102 Å². The fraction of sp³-hybridized carbons (Fsp3) is 0.212. The highest BCUT2D eigenvalue weighted by atomic mass is 35.5. The quantitative estimate of drug-likeness (QED) is 0.212. The number of amides is 2. The maximum absolute atomic E-state index is 14.3. The van der Waals surface area contributed by atoms with E-state index in [9.17, 15) is 18.0 Å². The van der Waals surface area contributed by atoms with Crippen LogP contribution in [0.25, 0.3) is 0 Å². The third-order valence-corrected chi connectivity index (χ3v) is 9.38. The summed E-state index contributed by atoms with van der Waals surface area (Å²) in [6.07, 6.45) is 0.223. The van der Waals surface area contributed by atoms with Gasteiger partial charge in [0.25, 0.3) is 10.0 Å². The molecule has 0 bridgehead atoms. The van der Waals surface area contributed by atoms with Gasteiger partial charge >= 0.3 is 0 Å². The molecule has 1 atom stereocenters. The van der Waals surface area contributed by atoms with Crippen LogP contribution in [0.5, 0.6) is 0 Å². The van der Waals surface area contributed by atoms with E-state index >= 15 is 0 Å². The summed E-state index contributed by atoms with van der Waals surface area (Å²) >= 11 is 12.8. The monoisotopic (exact) mass is 637 g/mol. The van der Waals surface area contributed by atoms with Crippen LogP contribution in [0.2, 0.25) is 10.0 Å². The molecule has 7 nitrogen and oxygen atoms in total. The molecule has 1 unspecified atom stereocenters. The van der Waals surface area contributed by atoms with E-state index in [0.717, 1.165) is 26.6 Å². The topological polar surface area (TPSA) is 86.8 Å². The number of benzene rings is 4. The highest BCUT2D eigenvalue weighted by molar-refractivity contribution is 7.92. The molecule has 0 spiro atoms. The number of hydrogen-bond donors (Lipinski definition) is 1. The fourth-order valence-corrected chi connectivity index (χ4v) is 6.50. The van der Waals surface area contributed by atoms with E-state index in [1.54, 1.807) is 12.1 Å². The first kappa shape index (κ1) is 32.1. The van der Waals surface area contributed by atoms with Crippen molar-refractivity contribution >= 4 is 50.7 Å². The maximum atomic E-state index is 14.3. The SMILES string of the molecule is CNC(=O)C(Cc1ccccc1)N(Cc1ccc(C)cc1)C(=O)CN(c1cc(Cl)ccc1Cl)S(=O)(=O)c1ccc(C)cc1. The van der Waals surface area contributed by atoms with Crippen molar-refractivity contribution in [3.05, 3.63) is 129 Å². The minimum atomic E-state index is -4.29. The van der Waals surface area contributed by atoms with Crippen molar-refractivity contribution in [2.75, 3.05) is 17.9 Å². The molecule has 0 aromatic heterocycles. The van der Waals surface area contributed by atoms with E-state index in [2.05, 4.69) is 5.32 Å². The molecule has 0 aliphatic heterocycles. The molecule has 1 N–H and O–H groups in total. The van der Waals surface area contributed by atoms with Crippen molar-refractivity contribution in [1.29, 1.82) is 0 Å². The third kappa shape index (κ3) is 7.96. The Balaban J connectivity index is 1.81. The lowest BCUT2D eigenvalue weighted by Crippen LogP contribution is -2.53. The molecule has 0 heterocycles. The number of halogens is 2. The fourth-order valence-electron chi connectivity index (χ4n) is 4.64. The van der Waals surface area contributed by atoms with Crippen LogP contribution >= 0.6 is 23.2 Å². The summed E-state index contributed by atoms with van der Waals surface area (Å²) in [5.41, 5.74) is 3.60. The van der Waals surface area contributed by atoms with Gasteiger partial charge in [0.2, 0.25) is 11.8 Å². The van der Waals surface area contributed by atoms with Gasteiger partial charge < -0.3 is 10.2 Å². The largest absolute Gasteiger partial charge is 0.357 e. The molecular weight excluding hydrogens is 605 g/mol. The molecule has 4 aromatic rings. The second kappa shape index (κ2) is 14.1. The number of hydrogen-bond acceptors (Lipinski definition) is 4. The number of likely N-dealkylation sites (N-methyl/N-ethyl adjacent to an activating group) is 1. The number of sulfonamides is 1. The van der Waals surface area contributed by atoms with Gasteiger partial charge in [-0.2, -0.15) is 0 Å². The predicted octanol–water partition coefficient (Wildman–Crippen LogP) is 6.19. The Morgan fingerprint density at radius 3 is 2.02 bits per heavy atom. The number of anilines is 1. The minimum Gasteiger partial charge on any atom is -0.357 e.